The van der Waals surface area contributed by atoms with Crippen molar-refractivity contribution in [1.82, 2.24) is 14.9 Å². The molecule has 1 fully saturated rings. The molecule has 0 radical (unpaired) electrons. The van der Waals surface area contributed by atoms with E-state index in [1.807, 2.05) is 24.4 Å². The molecule has 1 aromatic carbocycles. The molecule has 130 valence electrons. The predicted molar refractivity (Wildman–Crippen MR) is 92.2 cm³/mol. The molecule has 1 atom stereocenters. The quantitative estimate of drug-likeness (QED) is 0.756. The minimum atomic E-state index is -0.412. The minimum Gasteiger partial charge on any atom is -0.446 e. The molecular formula is C18H20N4O3. The molecule has 3 aromatic rings. The zero-order valence-electron chi connectivity index (χ0n) is 13.8. The van der Waals surface area contributed by atoms with Crippen LogP contribution in [0.15, 0.2) is 41.1 Å². The number of carbonyl (C=O) groups is 1. The molecule has 0 saturated carbocycles. The van der Waals surface area contributed by atoms with E-state index in [1.54, 1.807) is 4.90 Å². The number of aromatic amines is 1. The number of hydrogen-bond donors (Lipinski definition) is 2. The number of benzene rings is 1. The fraction of sp³-hybridized carbons (Fsp3) is 0.333. The molecule has 7 heteroatoms. The maximum absolute atomic E-state index is 12.4. The Morgan fingerprint density at radius 2 is 2.12 bits per heavy atom. The van der Waals surface area contributed by atoms with Crippen molar-refractivity contribution in [2.24, 2.45) is 5.73 Å². The van der Waals surface area contributed by atoms with E-state index >= 15 is 0 Å². The Morgan fingerprint density at radius 3 is 2.96 bits per heavy atom. The normalized spacial score (nSPS) is 16.3. The monoisotopic (exact) mass is 340 g/mol. The largest absolute Gasteiger partial charge is 0.446 e. The molecule has 0 aliphatic carbocycles. The lowest BCUT2D eigenvalue weighted by Gasteiger charge is -2.25. The van der Waals surface area contributed by atoms with Gasteiger partial charge >= 0.3 is 0 Å². The van der Waals surface area contributed by atoms with Gasteiger partial charge in [0, 0.05) is 30.2 Å². The number of morpholine rings is 1. The lowest BCUT2D eigenvalue weighted by Crippen LogP contribution is -2.40. The van der Waals surface area contributed by atoms with Crippen molar-refractivity contribution in [2.75, 3.05) is 26.3 Å². The van der Waals surface area contributed by atoms with Crippen molar-refractivity contribution >= 4 is 16.8 Å². The molecule has 3 N–H and O–H groups in total. The van der Waals surface area contributed by atoms with E-state index in [0.29, 0.717) is 44.3 Å². The number of rotatable bonds is 4. The van der Waals surface area contributed by atoms with Crippen LogP contribution in [0, 0.1) is 0 Å². The predicted octanol–water partition coefficient (Wildman–Crippen LogP) is 1.87. The van der Waals surface area contributed by atoms with Crippen LogP contribution >= 0.6 is 0 Å². The van der Waals surface area contributed by atoms with Gasteiger partial charge in [-0.3, -0.25) is 4.79 Å². The van der Waals surface area contributed by atoms with Crippen molar-refractivity contribution in [3.8, 4) is 0 Å². The second-order valence-electron chi connectivity index (χ2n) is 6.15. The van der Waals surface area contributed by atoms with E-state index in [1.165, 1.54) is 6.26 Å². The standard InChI is InChI=1S/C18H20N4O3/c19-14(9-12-10-20-15-4-2-1-3-13(12)15)17-21-16(11-25-17)18(23)22-5-7-24-8-6-22/h1-4,10-11,14,20H,5-9,19H2. The van der Waals surface area contributed by atoms with Gasteiger partial charge in [0.2, 0.25) is 5.89 Å². The van der Waals surface area contributed by atoms with Crippen molar-refractivity contribution < 1.29 is 13.9 Å². The molecule has 0 bridgehead atoms. The van der Waals surface area contributed by atoms with Gasteiger partial charge in [0.1, 0.15) is 6.26 Å². The summed E-state index contributed by atoms with van der Waals surface area (Å²) in [5.74, 6) is 0.236. The van der Waals surface area contributed by atoms with Crippen LogP contribution in [-0.2, 0) is 11.2 Å². The Bertz CT molecular complexity index is 879. The summed E-state index contributed by atoms with van der Waals surface area (Å²) in [5, 5.41) is 1.13. The summed E-state index contributed by atoms with van der Waals surface area (Å²) in [5.41, 5.74) is 8.72. The highest BCUT2D eigenvalue weighted by Gasteiger charge is 2.23. The van der Waals surface area contributed by atoms with Gasteiger partial charge in [0.25, 0.3) is 5.91 Å². The number of aromatic nitrogens is 2. The van der Waals surface area contributed by atoms with Gasteiger partial charge in [0.05, 0.1) is 19.3 Å². The summed E-state index contributed by atoms with van der Waals surface area (Å²) in [6.07, 6.45) is 3.92. The summed E-state index contributed by atoms with van der Waals surface area (Å²) in [6, 6.07) is 7.64. The third kappa shape index (κ3) is 3.16. The molecule has 1 aliphatic heterocycles. The Hall–Kier alpha value is -2.64. The van der Waals surface area contributed by atoms with Crippen LogP contribution in [-0.4, -0.2) is 47.1 Å². The second-order valence-corrected chi connectivity index (χ2v) is 6.15. The van der Waals surface area contributed by atoms with Gasteiger partial charge in [-0.2, -0.15) is 0 Å². The van der Waals surface area contributed by atoms with E-state index in [0.717, 1.165) is 16.5 Å². The van der Waals surface area contributed by atoms with E-state index < -0.39 is 6.04 Å². The molecule has 2 aromatic heterocycles. The number of carbonyl (C=O) groups excluding carboxylic acids is 1. The summed E-state index contributed by atoms with van der Waals surface area (Å²) < 4.78 is 10.7. The number of amides is 1. The fourth-order valence-corrected chi connectivity index (χ4v) is 3.11. The van der Waals surface area contributed by atoms with Crippen molar-refractivity contribution in [3.63, 3.8) is 0 Å². The van der Waals surface area contributed by atoms with E-state index in [-0.39, 0.29) is 5.91 Å². The van der Waals surface area contributed by atoms with Crippen LogP contribution in [0.4, 0.5) is 0 Å². The first-order valence-electron chi connectivity index (χ1n) is 8.35. The first kappa shape index (κ1) is 15.9. The average Bonchev–Trinajstić information content (AvgIpc) is 3.30. The van der Waals surface area contributed by atoms with Gasteiger partial charge in [-0.05, 0) is 18.1 Å². The Labute approximate surface area is 144 Å². The number of hydrogen-bond acceptors (Lipinski definition) is 5. The number of ether oxygens (including phenoxy) is 1. The fourth-order valence-electron chi connectivity index (χ4n) is 3.11. The zero-order valence-corrected chi connectivity index (χ0v) is 13.8. The molecule has 4 rings (SSSR count). The number of nitrogens with zero attached hydrogens (tertiary/aromatic N) is 2. The Morgan fingerprint density at radius 1 is 1.32 bits per heavy atom. The molecule has 1 amide bonds. The van der Waals surface area contributed by atoms with Crippen LogP contribution in [0.3, 0.4) is 0 Å². The first-order valence-corrected chi connectivity index (χ1v) is 8.35. The first-order chi connectivity index (χ1) is 12.2. The molecule has 25 heavy (non-hydrogen) atoms. The van der Waals surface area contributed by atoms with Gasteiger partial charge in [-0.1, -0.05) is 18.2 Å². The van der Waals surface area contributed by atoms with Crippen LogP contribution in [0.1, 0.15) is 28.0 Å². The molecule has 1 aliphatic rings. The zero-order chi connectivity index (χ0) is 17.2. The highest BCUT2D eigenvalue weighted by atomic mass is 16.5. The van der Waals surface area contributed by atoms with Gasteiger partial charge < -0.3 is 24.8 Å². The van der Waals surface area contributed by atoms with E-state index in [9.17, 15) is 4.79 Å². The van der Waals surface area contributed by atoms with Gasteiger partial charge in [0.15, 0.2) is 5.69 Å². The lowest BCUT2D eigenvalue weighted by atomic mass is 10.1. The molecule has 3 heterocycles. The molecule has 0 spiro atoms. The molecular weight excluding hydrogens is 320 g/mol. The number of oxazole rings is 1. The van der Waals surface area contributed by atoms with Crippen molar-refractivity contribution in [2.45, 2.75) is 12.5 Å². The van der Waals surface area contributed by atoms with Crippen LogP contribution in [0.25, 0.3) is 10.9 Å². The lowest BCUT2D eigenvalue weighted by molar-refractivity contribution is 0.0299. The summed E-state index contributed by atoms with van der Waals surface area (Å²) >= 11 is 0. The third-order valence-corrected chi connectivity index (χ3v) is 4.47. The smallest absolute Gasteiger partial charge is 0.275 e. The second kappa shape index (κ2) is 6.70. The van der Waals surface area contributed by atoms with E-state index in [4.69, 9.17) is 14.9 Å². The Kier molecular flexibility index (Phi) is 4.25. The van der Waals surface area contributed by atoms with Crippen LogP contribution in [0.5, 0.6) is 0 Å². The summed E-state index contributed by atoms with van der Waals surface area (Å²) in [4.78, 5) is 21.7. The van der Waals surface area contributed by atoms with Crippen molar-refractivity contribution in [1.29, 1.82) is 0 Å². The number of fused-ring (bicyclic) bond motifs is 1. The van der Waals surface area contributed by atoms with Gasteiger partial charge in [-0.15, -0.1) is 0 Å². The van der Waals surface area contributed by atoms with Crippen molar-refractivity contribution in [3.05, 3.63) is 53.9 Å². The number of H-pyrrole nitrogens is 1. The highest BCUT2D eigenvalue weighted by molar-refractivity contribution is 5.92. The summed E-state index contributed by atoms with van der Waals surface area (Å²) in [7, 11) is 0. The maximum Gasteiger partial charge on any atom is 0.275 e. The maximum atomic E-state index is 12.4. The highest BCUT2D eigenvalue weighted by Crippen LogP contribution is 2.23. The minimum absolute atomic E-state index is 0.141. The molecule has 1 unspecified atom stereocenters. The van der Waals surface area contributed by atoms with Crippen LogP contribution in [0.2, 0.25) is 0 Å². The average molecular weight is 340 g/mol. The topological polar surface area (TPSA) is 97.4 Å². The van der Waals surface area contributed by atoms with Crippen LogP contribution < -0.4 is 5.73 Å². The SMILES string of the molecule is NC(Cc1c[nH]c2ccccc12)c1nc(C(=O)N2CCOCC2)co1. The Balaban J connectivity index is 1.48. The third-order valence-electron chi connectivity index (χ3n) is 4.47. The molecule has 7 nitrogen and oxygen atoms in total. The molecule has 1 saturated heterocycles. The summed E-state index contributed by atoms with van der Waals surface area (Å²) in [6.45, 7) is 2.25. The van der Waals surface area contributed by atoms with Gasteiger partial charge in [-0.25, -0.2) is 4.98 Å². The number of para-hydroxylation sites is 1. The number of nitrogens with one attached hydrogen (secondary N) is 1. The number of nitrogens with two attached hydrogens (primary N) is 1. The van der Waals surface area contributed by atoms with E-state index in [2.05, 4.69) is 16.0 Å².